The van der Waals surface area contributed by atoms with Gasteiger partial charge < -0.3 is 14.7 Å². The minimum atomic E-state index is -0.396. The van der Waals surface area contributed by atoms with Crippen LogP contribution in [0.1, 0.15) is 18.4 Å². The second-order valence-corrected chi connectivity index (χ2v) is 7.33. The van der Waals surface area contributed by atoms with E-state index in [1.807, 2.05) is 46.2 Å². The van der Waals surface area contributed by atoms with Gasteiger partial charge in [-0.25, -0.2) is 4.39 Å². The van der Waals surface area contributed by atoms with Gasteiger partial charge >= 0.3 is 0 Å². The van der Waals surface area contributed by atoms with Crippen LogP contribution in [0.2, 0.25) is 0 Å². The van der Waals surface area contributed by atoms with Crippen LogP contribution in [0.25, 0.3) is 0 Å². The van der Waals surface area contributed by atoms with Crippen LogP contribution in [-0.2, 0) is 16.1 Å². The van der Waals surface area contributed by atoms with Gasteiger partial charge in [0.2, 0.25) is 11.8 Å². The Morgan fingerprint density at radius 3 is 2.36 bits per heavy atom. The summed E-state index contributed by atoms with van der Waals surface area (Å²) in [7, 11) is 0. The van der Waals surface area contributed by atoms with E-state index in [9.17, 15) is 14.0 Å². The summed E-state index contributed by atoms with van der Waals surface area (Å²) in [4.78, 5) is 31.0. The summed E-state index contributed by atoms with van der Waals surface area (Å²) < 4.78 is 14.0. The lowest BCUT2D eigenvalue weighted by atomic mass is 10.1. The zero-order valence-corrected chi connectivity index (χ0v) is 15.8. The molecule has 0 bridgehead atoms. The average Bonchev–Trinajstić information content (AvgIpc) is 3.09. The third-order valence-electron chi connectivity index (χ3n) is 5.59. The fraction of sp³-hybridized carbons (Fsp3) is 0.364. The zero-order valence-electron chi connectivity index (χ0n) is 15.8. The van der Waals surface area contributed by atoms with E-state index >= 15 is 0 Å². The summed E-state index contributed by atoms with van der Waals surface area (Å²) in [5, 5.41) is 0. The molecular weight excluding hydrogens is 357 g/mol. The van der Waals surface area contributed by atoms with Crippen molar-refractivity contribution in [3.63, 3.8) is 0 Å². The predicted octanol–water partition coefficient (Wildman–Crippen LogP) is 2.67. The third kappa shape index (κ3) is 3.72. The summed E-state index contributed by atoms with van der Waals surface area (Å²) in [5.41, 5.74) is 1.61. The van der Waals surface area contributed by atoms with Crippen LogP contribution in [0.15, 0.2) is 54.6 Å². The Morgan fingerprint density at radius 1 is 0.964 bits per heavy atom. The number of anilines is 1. The lowest BCUT2D eigenvalue weighted by Crippen LogP contribution is -2.54. The maximum atomic E-state index is 14.0. The van der Waals surface area contributed by atoms with Crippen LogP contribution in [0.3, 0.4) is 0 Å². The van der Waals surface area contributed by atoms with E-state index in [2.05, 4.69) is 0 Å². The number of piperazine rings is 1. The maximum absolute atomic E-state index is 14.0. The number of carbonyl (C=O) groups excluding carboxylic acids is 2. The van der Waals surface area contributed by atoms with E-state index in [-0.39, 0.29) is 17.6 Å². The number of amides is 2. The average molecular weight is 381 g/mol. The summed E-state index contributed by atoms with van der Waals surface area (Å²) >= 11 is 0. The molecule has 1 atom stereocenters. The third-order valence-corrected chi connectivity index (χ3v) is 5.59. The first kappa shape index (κ1) is 18.5. The van der Waals surface area contributed by atoms with Crippen molar-refractivity contribution >= 4 is 17.5 Å². The lowest BCUT2D eigenvalue weighted by Gasteiger charge is -2.38. The Morgan fingerprint density at radius 2 is 1.64 bits per heavy atom. The molecule has 0 unspecified atom stereocenters. The first-order valence-corrected chi connectivity index (χ1v) is 9.75. The molecule has 146 valence electrons. The highest BCUT2D eigenvalue weighted by Crippen LogP contribution is 2.25. The number of likely N-dealkylation sites (tertiary alicyclic amines) is 1. The topological polar surface area (TPSA) is 43.9 Å². The summed E-state index contributed by atoms with van der Waals surface area (Å²) in [5.74, 6) is -0.195. The quantitative estimate of drug-likeness (QED) is 0.818. The van der Waals surface area contributed by atoms with Gasteiger partial charge in [-0.15, -0.1) is 0 Å². The Balaban J connectivity index is 1.40. The van der Waals surface area contributed by atoms with Gasteiger partial charge in [0.1, 0.15) is 11.9 Å². The Bertz CT molecular complexity index is 850. The molecule has 2 fully saturated rings. The number of nitrogens with zero attached hydrogens (tertiary/aromatic N) is 3. The number of carbonyl (C=O) groups is 2. The molecule has 2 saturated heterocycles. The largest absolute Gasteiger partial charge is 0.366 e. The van der Waals surface area contributed by atoms with Crippen LogP contribution in [0.5, 0.6) is 0 Å². The van der Waals surface area contributed by atoms with Gasteiger partial charge in [0.25, 0.3) is 0 Å². The van der Waals surface area contributed by atoms with Crippen molar-refractivity contribution in [3.05, 3.63) is 66.0 Å². The van der Waals surface area contributed by atoms with Crippen molar-refractivity contribution in [1.29, 1.82) is 0 Å². The van der Waals surface area contributed by atoms with E-state index < -0.39 is 6.04 Å². The molecule has 0 N–H and O–H groups in total. The van der Waals surface area contributed by atoms with Gasteiger partial charge in [0.05, 0.1) is 5.69 Å². The molecule has 2 aliphatic rings. The second kappa shape index (κ2) is 8.00. The second-order valence-electron chi connectivity index (χ2n) is 7.33. The van der Waals surface area contributed by atoms with Gasteiger partial charge in [-0.2, -0.15) is 0 Å². The molecule has 2 aromatic carbocycles. The van der Waals surface area contributed by atoms with E-state index in [0.717, 1.165) is 5.56 Å². The smallest absolute Gasteiger partial charge is 0.245 e. The van der Waals surface area contributed by atoms with E-state index in [1.165, 1.54) is 6.07 Å². The lowest BCUT2D eigenvalue weighted by molar-refractivity contribution is -0.142. The molecule has 2 amide bonds. The number of hydrogen-bond acceptors (Lipinski definition) is 3. The van der Waals surface area contributed by atoms with Gasteiger partial charge in [-0.1, -0.05) is 42.5 Å². The van der Waals surface area contributed by atoms with Crippen LogP contribution >= 0.6 is 0 Å². The fourth-order valence-corrected chi connectivity index (χ4v) is 4.06. The normalized spacial score (nSPS) is 20.0. The highest BCUT2D eigenvalue weighted by Gasteiger charge is 2.38. The Labute approximate surface area is 164 Å². The van der Waals surface area contributed by atoms with Crippen LogP contribution in [-0.4, -0.2) is 53.8 Å². The zero-order chi connectivity index (χ0) is 19.5. The minimum absolute atomic E-state index is 0.00923. The van der Waals surface area contributed by atoms with E-state index in [0.29, 0.717) is 51.3 Å². The molecule has 0 radical (unpaired) electrons. The van der Waals surface area contributed by atoms with E-state index in [1.54, 1.807) is 17.0 Å². The predicted molar refractivity (Wildman–Crippen MR) is 105 cm³/mol. The first-order chi connectivity index (χ1) is 13.6. The molecular formula is C22H24FN3O2. The molecule has 2 heterocycles. The minimum Gasteiger partial charge on any atom is -0.366 e. The van der Waals surface area contributed by atoms with Crippen LogP contribution in [0, 0.1) is 5.82 Å². The Hall–Kier alpha value is -2.89. The fourth-order valence-electron chi connectivity index (χ4n) is 4.06. The molecule has 2 aromatic rings. The summed E-state index contributed by atoms with van der Waals surface area (Å²) in [6.45, 7) is 2.72. The van der Waals surface area contributed by atoms with Gasteiger partial charge in [0, 0.05) is 39.1 Å². The van der Waals surface area contributed by atoms with Crippen molar-refractivity contribution in [2.75, 3.05) is 31.1 Å². The summed E-state index contributed by atoms with van der Waals surface area (Å²) in [6, 6.07) is 16.1. The van der Waals surface area contributed by atoms with Crippen molar-refractivity contribution in [2.45, 2.75) is 25.4 Å². The van der Waals surface area contributed by atoms with Crippen molar-refractivity contribution in [1.82, 2.24) is 9.80 Å². The molecule has 0 aliphatic carbocycles. The van der Waals surface area contributed by atoms with Crippen molar-refractivity contribution in [3.8, 4) is 0 Å². The van der Waals surface area contributed by atoms with Gasteiger partial charge in [-0.05, 0) is 24.1 Å². The molecule has 0 saturated carbocycles. The molecule has 0 aromatic heterocycles. The Kier molecular flexibility index (Phi) is 5.28. The molecule has 5 nitrogen and oxygen atoms in total. The number of halogens is 1. The molecule has 2 aliphatic heterocycles. The van der Waals surface area contributed by atoms with Crippen LogP contribution < -0.4 is 4.90 Å². The highest BCUT2D eigenvalue weighted by atomic mass is 19.1. The summed E-state index contributed by atoms with van der Waals surface area (Å²) in [6.07, 6.45) is 0.983. The number of rotatable bonds is 4. The van der Waals surface area contributed by atoms with Gasteiger partial charge in [-0.3, -0.25) is 9.59 Å². The first-order valence-electron chi connectivity index (χ1n) is 9.75. The maximum Gasteiger partial charge on any atom is 0.245 e. The number of benzene rings is 2. The van der Waals surface area contributed by atoms with Crippen molar-refractivity contribution < 1.29 is 14.0 Å². The molecule has 0 spiro atoms. The van der Waals surface area contributed by atoms with E-state index in [4.69, 9.17) is 0 Å². The SMILES string of the molecule is O=C([C@@H]1CCC(=O)N1Cc1ccccc1)N1CCN(c2ccccc2F)CC1. The number of hydrogen-bond donors (Lipinski definition) is 0. The van der Waals surface area contributed by atoms with Crippen LogP contribution in [0.4, 0.5) is 10.1 Å². The molecule has 6 heteroatoms. The highest BCUT2D eigenvalue weighted by molar-refractivity contribution is 5.91. The van der Waals surface area contributed by atoms with Crippen molar-refractivity contribution in [2.24, 2.45) is 0 Å². The molecule has 28 heavy (non-hydrogen) atoms. The number of para-hydroxylation sites is 1. The standard InChI is InChI=1S/C22H24FN3O2/c23-18-8-4-5-9-19(18)24-12-14-25(15-13-24)22(28)20-10-11-21(27)26(20)16-17-6-2-1-3-7-17/h1-9,20H,10-16H2/t20-/m0/s1. The van der Waals surface area contributed by atoms with Gasteiger partial charge in [0.15, 0.2) is 0 Å². The monoisotopic (exact) mass is 381 g/mol. The molecule has 4 rings (SSSR count).